The molecule has 2 aromatic carbocycles. The van der Waals surface area contributed by atoms with E-state index in [1.165, 1.54) is 30.0 Å². The second-order valence-electron chi connectivity index (χ2n) is 6.42. The van der Waals surface area contributed by atoms with E-state index in [-0.39, 0.29) is 18.0 Å². The van der Waals surface area contributed by atoms with Crippen LogP contribution in [-0.4, -0.2) is 27.2 Å². The van der Waals surface area contributed by atoms with E-state index in [1.54, 1.807) is 6.07 Å². The number of rotatable bonds is 5. The minimum absolute atomic E-state index is 0.0644. The lowest BCUT2D eigenvalue weighted by Gasteiger charge is -2.07. The number of aryl methyl sites for hydroxylation is 2. The zero-order valence-electron chi connectivity index (χ0n) is 15.3. The van der Waals surface area contributed by atoms with E-state index in [0.717, 1.165) is 16.8 Å². The van der Waals surface area contributed by atoms with E-state index < -0.39 is 16.1 Å². The topological polar surface area (TPSA) is 114 Å². The summed E-state index contributed by atoms with van der Waals surface area (Å²) in [7, 11) is 0. The molecule has 0 aliphatic carbocycles. The number of amidine groups is 1. The molecule has 8 nitrogen and oxygen atoms in total. The van der Waals surface area contributed by atoms with Crippen LogP contribution in [0.2, 0.25) is 0 Å². The Kier molecular flexibility index (Phi) is 5.74. The maximum atomic E-state index is 12.2. The lowest BCUT2D eigenvalue weighted by Crippen LogP contribution is -2.28. The molecule has 0 radical (unpaired) electrons. The molecule has 2 N–H and O–H groups in total. The molecule has 0 bridgehead atoms. The van der Waals surface area contributed by atoms with E-state index in [2.05, 4.69) is 15.6 Å². The van der Waals surface area contributed by atoms with Crippen LogP contribution in [0.1, 0.15) is 17.5 Å². The summed E-state index contributed by atoms with van der Waals surface area (Å²) in [6, 6.07) is 11.5. The number of aliphatic imine (C=N–C) groups is 1. The molecule has 1 aliphatic rings. The van der Waals surface area contributed by atoms with E-state index in [4.69, 9.17) is 0 Å². The van der Waals surface area contributed by atoms with Crippen LogP contribution in [0.5, 0.6) is 0 Å². The molecule has 28 heavy (non-hydrogen) atoms. The average molecular weight is 398 g/mol. The smallest absolute Gasteiger partial charge is 0.271 e. The van der Waals surface area contributed by atoms with Crippen molar-refractivity contribution in [2.75, 3.05) is 5.32 Å². The zero-order valence-corrected chi connectivity index (χ0v) is 16.1. The van der Waals surface area contributed by atoms with Crippen molar-refractivity contribution in [3.8, 4) is 0 Å². The van der Waals surface area contributed by atoms with Gasteiger partial charge in [0.1, 0.15) is 5.25 Å². The molecular weight excluding hydrogens is 380 g/mol. The fourth-order valence-corrected chi connectivity index (χ4v) is 3.79. The van der Waals surface area contributed by atoms with E-state index in [0.29, 0.717) is 10.9 Å². The first-order valence-electron chi connectivity index (χ1n) is 8.49. The Labute approximate surface area is 165 Å². The highest BCUT2D eigenvalue weighted by Gasteiger charge is 2.32. The average Bonchev–Trinajstić information content (AvgIpc) is 2.93. The fourth-order valence-electron chi connectivity index (χ4n) is 2.80. The third-order valence-electron chi connectivity index (χ3n) is 3.93. The van der Waals surface area contributed by atoms with Crippen molar-refractivity contribution < 1.29 is 14.5 Å². The van der Waals surface area contributed by atoms with Crippen molar-refractivity contribution in [3.05, 3.63) is 63.7 Å². The first-order chi connectivity index (χ1) is 13.3. The SMILES string of the molecule is Cc1cc(C)cc(N=C2NC(=O)[C@H](CC(=O)Nc3cccc([N+](=O)[O-])c3)S2)c1. The van der Waals surface area contributed by atoms with Crippen molar-refractivity contribution in [2.45, 2.75) is 25.5 Å². The maximum Gasteiger partial charge on any atom is 0.271 e. The maximum absolute atomic E-state index is 12.2. The number of carbonyl (C=O) groups excluding carboxylic acids is 2. The Morgan fingerprint density at radius 2 is 1.96 bits per heavy atom. The van der Waals surface area contributed by atoms with Crippen molar-refractivity contribution in [2.24, 2.45) is 4.99 Å². The van der Waals surface area contributed by atoms with E-state index in [9.17, 15) is 19.7 Å². The first kappa shape index (κ1) is 19.6. The van der Waals surface area contributed by atoms with Crippen molar-refractivity contribution >= 4 is 45.8 Å². The molecule has 0 saturated carbocycles. The summed E-state index contributed by atoms with van der Waals surface area (Å²) in [5, 5.41) is 15.9. The molecule has 0 spiro atoms. The first-order valence-corrected chi connectivity index (χ1v) is 9.37. The summed E-state index contributed by atoms with van der Waals surface area (Å²) < 4.78 is 0. The number of carbonyl (C=O) groups is 2. The predicted molar refractivity (Wildman–Crippen MR) is 109 cm³/mol. The Morgan fingerprint density at radius 3 is 2.64 bits per heavy atom. The predicted octanol–water partition coefficient (Wildman–Crippen LogP) is 3.46. The number of nitrogens with zero attached hydrogens (tertiary/aromatic N) is 2. The van der Waals surface area contributed by atoms with Gasteiger partial charge in [-0.1, -0.05) is 23.9 Å². The van der Waals surface area contributed by atoms with Crippen LogP contribution in [0.15, 0.2) is 47.5 Å². The Bertz CT molecular complexity index is 969. The fraction of sp³-hybridized carbons (Fsp3) is 0.211. The number of nitro groups is 1. The standard InChI is InChI=1S/C19H18N4O4S/c1-11-6-12(2)8-14(7-11)21-19-22-18(25)16(28-19)10-17(24)20-13-4-3-5-15(9-13)23(26)27/h3-9,16H,10H2,1-2H3,(H,20,24)(H,21,22,25)/t16-/m0/s1. The Balaban J connectivity index is 1.64. The van der Waals surface area contributed by atoms with Gasteiger partial charge in [-0.05, 0) is 43.2 Å². The molecular formula is C19H18N4O4S. The monoisotopic (exact) mass is 398 g/mol. The molecule has 3 rings (SSSR count). The highest BCUT2D eigenvalue weighted by atomic mass is 32.2. The molecule has 1 aliphatic heterocycles. The van der Waals surface area contributed by atoms with Gasteiger partial charge in [0.25, 0.3) is 5.69 Å². The van der Waals surface area contributed by atoms with Crippen LogP contribution in [-0.2, 0) is 9.59 Å². The molecule has 9 heteroatoms. The zero-order chi connectivity index (χ0) is 20.3. The van der Waals surface area contributed by atoms with Crippen LogP contribution >= 0.6 is 11.8 Å². The third kappa shape index (κ3) is 4.95. The summed E-state index contributed by atoms with van der Waals surface area (Å²) in [5.41, 5.74) is 3.07. The van der Waals surface area contributed by atoms with Crippen LogP contribution in [0, 0.1) is 24.0 Å². The van der Waals surface area contributed by atoms with Gasteiger partial charge in [-0.25, -0.2) is 4.99 Å². The largest absolute Gasteiger partial charge is 0.326 e. The number of hydrogen-bond donors (Lipinski definition) is 2. The molecule has 144 valence electrons. The van der Waals surface area contributed by atoms with Crippen LogP contribution in [0.3, 0.4) is 0 Å². The highest BCUT2D eigenvalue weighted by molar-refractivity contribution is 8.15. The second kappa shape index (κ2) is 8.22. The Morgan fingerprint density at radius 1 is 1.25 bits per heavy atom. The summed E-state index contributed by atoms with van der Waals surface area (Å²) >= 11 is 1.19. The van der Waals surface area contributed by atoms with Crippen molar-refractivity contribution in [3.63, 3.8) is 0 Å². The van der Waals surface area contributed by atoms with Gasteiger partial charge in [0.15, 0.2) is 5.17 Å². The van der Waals surface area contributed by atoms with Gasteiger partial charge in [-0.2, -0.15) is 0 Å². The number of non-ortho nitro benzene ring substituents is 1. The lowest BCUT2D eigenvalue weighted by atomic mass is 10.1. The van der Waals surface area contributed by atoms with E-state index in [1.807, 2.05) is 32.0 Å². The van der Waals surface area contributed by atoms with Gasteiger partial charge in [-0.3, -0.25) is 19.7 Å². The summed E-state index contributed by atoms with van der Waals surface area (Å²) in [5.74, 6) is -0.692. The number of nitro benzene ring substituents is 1. The summed E-state index contributed by atoms with van der Waals surface area (Å²) in [4.78, 5) is 39.1. The van der Waals surface area contributed by atoms with Gasteiger partial charge in [0, 0.05) is 24.2 Å². The van der Waals surface area contributed by atoms with Crippen LogP contribution < -0.4 is 10.6 Å². The van der Waals surface area contributed by atoms with Gasteiger partial charge in [-0.15, -0.1) is 0 Å². The normalized spacial score (nSPS) is 17.4. The molecule has 2 amide bonds. The number of hydrogen-bond acceptors (Lipinski definition) is 6. The third-order valence-corrected chi connectivity index (χ3v) is 5.01. The minimum atomic E-state index is -0.608. The number of benzene rings is 2. The van der Waals surface area contributed by atoms with Crippen molar-refractivity contribution in [1.29, 1.82) is 0 Å². The van der Waals surface area contributed by atoms with Gasteiger partial charge in [0.2, 0.25) is 11.8 Å². The summed E-state index contributed by atoms with van der Waals surface area (Å²) in [6.07, 6.45) is -0.0644. The highest BCUT2D eigenvalue weighted by Crippen LogP contribution is 2.27. The number of nitrogens with one attached hydrogen (secondary N) is 2. The number of thioether (sulfide) groups is 1. The van der Waals surface area contributed by atoms with Gasteiger partial charge >= 0.3 is 0 Å². The molecule has 0 aromatic heterocycles. The number of amides is 2. The lowest BCUT2D eigenvalue weighted by molar-refractivity contribution is -0.384. The molecule has 1 fully saturated rings. The van der Waals surface area contributed by atoms with Crippen molar-refractivity contribution in [1.82, 2.24) is 5.32 Å². The minimum Gasteiger partial charge on any atom is -0.326 e. The molecule has 1 saturated heterocycles. The van der Waals surface area contributed by atoms with Gasteiger partial charge in [0.05, 0.1) is 10.6 Å². The molecule has 1 heterocycles. The van der Waals surface area contributed by atoms with Crippen LogP contribution in [0.25, 0.3) is 0 Å². The van der Waals surface area contributed by atoms with Crippen LogP contribution in [0.4, 0.5) is 17.1 Å². The molecule has 1 atom stereocenters. The second-order valence-corrected chi connectivity index (χ2v) is 7.61. The molecule has 0 unspecified atom stereocenters. The quantitative estimate of drug-likeness (QED) is 0.591. The molecule has 2 aromatic rings. The number of anilines is 1. The van der Waals surface area contributed by atoms with Gasteiger partial charge < -0.3 is 10.6 Å². The summed E-state index contributed by atoms with van der Waals surface area (Å²) in [6.45, 7) is 3.94. The van der Waals surface area contributed by atoms with E-state index >= 15 is 0 Å². The Hall–Kier alpha value is -3.20.